The number of nitrogens with one attached hydrogen (secondary N) is 1. The highest BCUT2D eigenvalue weighted by Gasteiger charge is 2.25. The van der Waals surface area contributed by atoms with Crippen LogP contribution in [0.2, 0.25) is 0 Å². The number of aryl methyl sites for hydroxylation is 1. The summed E-state index contributed by atoms with van der Waals surface area (Å²) in [6.07, 6.45) is 3.82. The van der Waals surface area contributed by atoms with E-state index in [1.165, 1.54) is 4.88 Å². The molecule has 2 aromatic heterocycles. The normalized spacial score (nSPS) is 19.5. The van der Waals surface area contributed by atoms with Gasteiger partial charge in [-0.05, 0) is 18.4 Å². The number of aromatic nitrogens is 2. The second-order valence-corrected chi connectivity index (χ2v) is 7.40. The number of hydrogen-bond donors (Lipinski definition) is 1. The average Bonchev–Trinajstić information content (AvgIpc) is 3.20. The predicted octanol–water partition coefficient (Wildman–Crippen LogP) is 1.30. The number of imidazole rings is 1. The fourth-order valence-corrected chi connectivity index (χ4v) is 3.68. The fraction of sp³-hybridized carbons (Fsp3) is 0.529. The molecule has 0 bridgehead atoms. The Labute approximate surface area is 147 Å². The van der Waals surface area contributed by atoms with E-state index >= 15 is 0 Å². The largest absolute Gasteiger partial charge is 0.350 e. The van der Waals surface area contributed by atoms with E-state index in [2.05, 4.69) is 31.6 Å². The summed E-state index contributed by atoms with van der Waals surface area (Å²) in [5.41, 5.74) is 0. The lowest BCUT2D eigenvalue weighted by atomic mass is 10.2. The Morgan fingerprint density at radius 2 is 2.33 bits per heavy atom. The van der Waals surface area contributed by atoms with Crippen LogP contribution in [0.15, 0.2) is 29.9 Å². The van der Waals surface area contributed by atoms with Gasteiger partial charge < -0.3 is 9.88 Å². The first-order valence-electron chi connectivity index (χ1n) is 8.33. The van der Waals surface area contributed by atoms with E-state index in [4.69, 9.17) is 0 Å². The summed E-state index contributed by atoms with van der Waals surface area (Å²) >= 11 is 1.67. The minimum absolute atomic E-state index is 0.105. The maximum atomic E-state index is 12.1. The Morgan fingerprint density at radius 3 is 3.00 bits per heavy atom. The molecule has 1 aliphatic heterocycles. The number of hydrogen-bond acceptors (Lipinski definition) is 5. The Bertz CT molecular complexity index is 654. The number of carbonyl (C=O) groups is 1. The van der Waals surface area contributed by atoms with Crippen LogP contribution >= 0.6 is 11.3 Å². The summed E-state index contributed by atoms with van der Waals surface area (Å²) in [6.45, 7) is 6.99. The Morgan fingerprint density at radius 1 is 1.46 bits per heavy atom. The van der Waals surface area contributed by atoms with Gasteiger partial charge in [0.05, 0.1) is 19.6 Å². The van der Waals surface area contributed by atoms with Gasteiger partial charge in [0.1, 0.15) is 5.82 Å². The van der Waals surface area contributed by atoms with Crippen LogP contribution in [0.5, 0.6) is 0 Å². The van der Waals surface area contributed by atoms with E-state index < -0.39 is 0 Å². The number of rotatable bonds is 6. The van der Waals surface area contributed by atoms with Crippen molar-refractivity contribution in [3.8, 4) is 0 Å². The molecule has 7 heteroatoms. The van der Waals surface area contributed by atoms with Crippen LogP contribution in [0.3, 0.4) is 0 Å². The second-order valence-electron chi connectivity index (χ2n) is 6.37. The maximum absolute atomic E-state index is 12.1. The van der Waals surface area contributed by atoms with Gasteiger partial charge in [-0.15, -0.1) is 11.3 Å². The summed E-state index contributed by atoms with van der Waals surface area (Å²) in [6, 6.07) is 4.47. The average molecular weight is 347 g/mol. The lowest BCUT2D eigenvalue weighted by Crippen LogP contribution is -2.53. The molecule has 6 nitrogen and oxygen atoms in total. The first kappa shape index (κ1) is 17.1. The molecule has 1 N–H and O–H groups in total. The molecule has 24 heavy (non-hydrogen) atoms. The van der Waals surface area contributed by atoms with Gasteiger partial charge in [-0.1, -0.05) is 6.07 Å². The first-order chi connectivity index (χ1) is 11.6. The molecule has 0 aliphatic carbocycles. The van der Waals surface area contributed by atoms with Crippen molar-refractivity contribution in [3.63, 3.8) is 0 Å². The van der Waals surface area contributed by atoms with Crippen molar-refractivity contribution in [2.45, 2.75) is 26.1 Å². The SMILES string of the molecule is C[C@H]1CN(CC(=O)NCc2cccs2)CCN1Cc1nccn1C. The second kappa shape index (κ2) is 7.92. The van der Waals surface area contributed by atoms with Gasteiger partial charge >= 0.3 is 0 Å². The Balaban J connectivity index is 1.43. The highest BCUT2D eigenvalue weighted by Crippen LogP contribution is 2.13. The molecule has 0 unspecified atom stereocenters. The van der Waals surface area contributed by atoms with Crippen molar-refractivity contribution >= 4 is 17.2 Å². The summed E-state index contributed by atoms with van der Waals surface area (Å²) in [7, 11) is 2.03. The molecule has 1 atom stereocenters. The highest BCUT2D eigenvalue weighted by atomic mass is 32.1. The van der Waals surface area contributed by atoms with Gasteiger partial charge in [0.2, 0.25) is 5.91 Å². The van der Waals surface area contributed by atoms with Crippen molar-refractivity contribution in [1.29, 1.82) is 0 Å². The molecule has 3 rings (SSSR count). The monoisotopic (exact) mass is 347 g/mol. The molecule has 3 heterocycles. The summed E-state index contributed by atoms with van der Waals surface area (Å²) < 4.78 is 2.07. The van der Waals surface area contributed by atoms with Crippen molar-refractivity contribution in [2.24, 2.45) is 7.05 Å². The topological polar surface area (TPSA) is 53.4 Å². The van der Waals surface area contributed by atoms with Crippen LogP contribution in [0.25, 0.3) is 0 Å². The standard InChI is InChI=1S/C17H25N5OS/c1-14-11-21(13-17(23)19-10-15-4-3-9-24-15)7-8-22(14)12-16-18-5-6-20(16)2/h3-6,9,14H,7-8,10-13H2,1-2H3,(H,19,23)/t14-/m0/s1. The van der Waals surface area contributed by atoms with Crippen LogP contribution in [0.1, 0.15) is 17.6 Å². The minimum atomic E-state index is 0.105. The summed E-state index contributed by atoms with van der Waals surface area (Å²) in [4.78, 5) is 22.4. The number of piperazine rings is 1. The molecule has 0 aromatic carbocycles. The van der Waals surface area contributed by atoms with E-state index in [0.717, 1.165) is 32.0 Å². The van der Waals surface area contributed by atoms with E-state index in [9.17, 15) is 4.79 Å². The molecule has 0 radical (unpaired) electrons. The maximum Gasteiger partial charge on any atom is 0.234 e. The number of amides is 1. The number of nitrogens with zero attached hydrogens (tertiary/aromatic N) is 4. The molecule has 130 valence electrons. The lowest BCUT2D eigenvalue weighted by Gasteiger charge is -2.39. The highest BCUT2D eigenvalue weighted by molar-refractivity contribution is 7.09. The van der Waals surface area contributed by atoms with Gasteiger partial charge in [-0.3, -0.25) is 14.6 Å². The van der Waals surface area contributed by atoms with Crippen LogP contribution < -0.4 is 5.32 Å². The summed E-state index contributed by atoms with van der Waals surface area (Å²) in [5.74, 6) is 1.19. The lowest BCUT2D eigenvalue weighted by molar-refractivity contribution is -0.123. The van der Waals surface area contributed by atoms with Crippen LogP contribution in [0.4, 0.5) is 0 Å². The van der Waals surface area contributed by atoms with Gasteiger partial charge in [0, 0.05) is 50.0 Å². The zero-order valence-corrected chi connectivity index (χ0v) is 15.1. The first-order valence-corrected chi connectivity index (χ1v) is 9.21. The molecule has 2 aromatic rings. The zero-order valence-electron chi connectivity index (χ0n) is 14.3. The van der Waals surface area contributed by atoms with E-state index in [-0.39, 0.29) is 5.91 Å². The molecule has 1 saturated heterocycles. The minimum Gasteiger partial charge on any atom is -0.350 e. The van der Waals surface area contributed by atoms with Gasteiger partial charge in [-0.25, -0.2) is 4.98 Å². The van der Waals surface area contributed by atoms with Crippen molar-refractivity contribution in [1.82, 2.24) is 24.7 Å². The van der Waals surface area contributed by atoms with E-state index in [0.29, 0.717) is 19.1 Å². The molecule has 0 saturated carbocycles. The summed E-state index contributed by atoms with van der Waals surface area (Å²) in [5, 5.41) is 5.04. The molecule has 1 fully saturated rings. The quantitative estimate of drug-likeness (QED) is 0.856. The van der Waals surface area contributed by atoms with Crippen molar-refractivity contribution < 1.29 is 4.79 Å². The van der Waals surface area contributed by atoms with Gasteiger partial charge in [0.15, 0.2) is 0 Å². The smallest absolute Gasteiger partial charge is 0.234 e. The molecule has 0 spiro atoms. The van der Waals surface area contributed by atoms with Crippen molar-refractivity contribution in [2.75, 3.05) is 26.2 Å². The van der Waals surface area contributed by atoms with E-state index in [1.54, 1.807) is 11.3 Å². The third-order valence-corrected chi connectivity index (χ3v) is 5.40. The van der Waals surface area contributed by atoms with Crippen LogP contribution in [0, 0.1) is 0 Å². The molecule has 1 aliphatic rings. The van der Waals surface area contributed by atoms with Crippen LogP contribution in [-0.4, -0.2) is 57.5 Å². The third-order valence-electron chi connectivity index (χ3n) is 4.52. The third kappa shape index (κ3) is 4.43. The van der Waals surface area contributed by atoms with Crippen LogP contribution in [-0.2, 0) is 24.9 Å². The van der Waals surface area contributed by atoms with E-state index in [1.807, 2.05) is 37.0 Å². The number of thiophene rings is 1. The molecule has 1 amide bonds. The van der Waals surface area contributed by atoms with Gasteiger partial charge in [0.25, 0.3) is 0 Å². The van der Waals surface area contributed by atoms with Gasteiger partial charge in [-0.2, -0.15) is 0 Å². The predicted molar refractivity (Wildman–Crippen MR) is 95.7 cm³/mol. The van der Waals surface area contributed by atoms with Crippen molar-refractivity contribution in [3.05, 3.63) is 40.6 Å². The molecular weight excluding hydrogens is 322 g/mol. The Hall–Kier alpha value is -1.70. The zero-order chi connectivity index (χ0) is 16.9. The Kier molecular flexibility index (Phi) is 5.65. The fourth-order valence-electron chi connectivity index (χ4n) is 3.04. The molecular formula is C17H25N5OS. The number of carbonyl (C=O) groups excluding carboxylic acids is 1.